The Bertz CT molecular complexity index is 442. The van der Waals surface area contributed by atoms with Crippen LogP contribution in [0.2, 0.25) is 0 Å². The predicted molar refractivity (Wildman–Crippen MR) is 64.2 cm³/mol. The van der Waals surface area contributed by atoms with Gasteiger partial charge >= 0.3 is 0 Å². The van der Waals surface area contributed by atoms with E-state index in [9.17, 15) is 5.11 Å². The van der Waals surface area contributed by atoms with Crippen LogP contribution in [0, 0.1) is 11.8 Å². The van der Waals surface area contributed by atoms with Crippen LogP contribution in [0.1, 0.15) is 5.56 Å². The third kappa shape index (κ3) is 3.18. The van der Waals surface area contributed by atoms with E-state index in [1.54, 1.807) is 12.2 Å². The zero-order valence-corrected chi connectivity index (χ0v) is 9.28. The van der Waals surface area contributed by atoms with Crippen molar-refractivity contribution in [3.05, 3.63) is 48.0 Å². The molecule has 1 aromatic carbocycles. The summed E-state index contributed by atoms with van der Waals surface area (Å²) in [6.07, 6.45) is 1.59. The monoisotopic (exact) mass is 230 g/mol. The van der Waals surface area contributed by atoms with Crippen molar-refractivity contribution in [3.8, 4) is 11.8 Å². The van der Waals surface area contributed by atoms with Gasteiger partial charge in [-0.25, -0.2) is 0 Å². The number of rotatable bonds is 1. The molecule has 0 spiro atoms. The van der Waals surface area contributed by atoms with E-state index in [-0.39, 0.29) is 12.7 Å². The van der Waals surface area contributed by atoms with Gasteiger partial charge in [-0.3, -0.25) is 0 Å². The molecule has 3 atom stereocenters. The first kappa shape index (κ1) is 11.9. The van der Waals surface area contributed by atoms with Gasteiger partial charge in [0.2, 0.25) is 0 Å². The summed E-state index contributed by atoms with van der Waals surface area (Å²) < 4.78 is 5.41. The number of hydrogen-bond acceptors (Lipinski definition) is 3. The van der Waals surface area contributed by atoms with E-state index in [1.807, 2.05) is 30.3 Å². The SMILES string of the molecule is OCC1OC(C#Cc2ccccc2)C=CC1O. The molecule has 3 nitrogen and oxygen atoms in total. The molecule has 3 unspecified atom stereocenters. The van der Waals surface area contributed by atoms with Crippen LogP contribution in [0.4, 0.5) is 0 Å². The summed E-state index contributed by atoms with van der Waals surface area (Å²) in [7, 11) is 0. The van der Waals surface area contributed by atoms with Crippen molar-refractivity contribution in [2.45, 2.75) is 18.3 Å². The first-order valence-electron chi connectivity index (χ1n) is 5.49. The molecule has 0 radical (unpaired) electrons. The van der Waals surface area contributed by atoms with Gasteiger partial charge in [0.25, 0.3) is 0 Å². The van der Waals surface area contributed by atoms with Crippen LogP contribution in [-0.2, 0) is 4.74 Å². The summed E-state index contributed by atoms with van der Waals surface area (Å²) in [5.74, 6) is 5.93. The Morgan fingerprint density at radius 1 is 1.18 bits per heavy atom. The molecule has 0 saturated heterocycles. The third-order valence-electron chi connectivity index (χ3n) is 2.50. The van der Waals surface area contributed by atoms with Crippen LogP contribution in [0.25, 0.3) is 0 Å². The lowest BCUT2D eigenvalue weighted by Crippen LogP contribution is -2.37. The van der Waals surface area contributed by atoms with Crippen molar-refractivity contribution in [2.24, 2.45) is 0 Å². The van der Waals surface area contributed by atoms with Crippen LogP contribution < -0.4 is 0 Å². The van der Waals surface area contributed by atoms with Crippen molar-refractivity contribution >= 4 is 0 Å². The van der Waals surface area contributed by atoms with E-state index in [4.69, 9.17) is 9.84 Å². The lowest BCUT2D eigenvalue weighted by atomic mass is 10.1. The molecule has 3 heteroatoms. The summed E-state index contributed by atoms with van der Waals surface area (Å²) in [4.78, 5) is 0. The van der Waals surface area contributed by atoms with Gasteiger partial charge in [0.1, 0.15) is 18.3 Å². The summed E-state index contributed by atoms with van der Waals surface area (Å²) in [6.45, 7) is -0.213. The van der Waals surface area contributed by atoms with Crippen molar-refractivity contribution in [2.75, 3.05) is 6.61 Å². The largest absolute Gasteiger partial charge is 0.394 e. The van der Waals surface area contributed by atoms with Crippen LogP contribution >= 0.6 is 0 Å². The van der Waals surface area contributed by atoms with Crippen LogP contribution in [0.5, 0.6) is 0 Å². The lowest BCUT2D eigenvalue weighted by molar-refractivity contribution is -0.0629. The van der Waals surface area contributed by atoms with Gasteiger partial charge in [-0.1, -0.05) is 36.1 Å². The minimum Gasteiger partial charge on any atom is -0.394 e. The maximum absolute atomic E-state index is 9.45. The average Bonchev–Trinajstić information content (AvgIpc) is 2.39. The second-order valence-electron chi connectivity index (χ2n) is 3.79. The quantitative estimate of drug-likeness (QED) is 0.552. The van der Waals surface area contributed by atoms with Gasteiger partial charge in [0.05, 0.1) is 6.61 Å². The summed E-state index contributed by atoms with van der Waals surface area (Å²) in [5, 5.41) is 18.4. The highest BCUT2D eigenvalue weighted by atomic mass is 16.5. The molecule has 0 bridgehead atoms. The molecule has 0 saturated carbocycles. The minimum absolute atomic E-state index is 0.213. The first-order chi connectivity index (χ1) is 8.29. The number of aliphatic hydroxyl groups excluding tert-OH is 2. The molecule has 0 aliphatic carbocycles. The number of ether oxygens (including phenoxy) is 1. The molecule has 1 aliphatic rings. The van der Waals surface area contributed by atoms with E-state index < -0.39 is 12.2 Å². The Morgan fingerprint density at radius 2 is 1.94 bits per heavy atom. The Morgan fingerprint density at radius 3 is 2.65 bits per heavy atom. The van der Waals surface area contributed by atoms with Gasteiger partial charge in [-0.05, 0) is 18.2 Å². The van der Waals surface area contributed by atoms with Crippen LogP contribution in [-0.4, -0.2) is 35.1 Å². The van der Waals surface area contributed by atoms with Gasteiger partial charge in [-0.15, -0.1) is 0 Å². The molecular weight excluding hydrogens is 216 g/mol. The maximum atomic E-state index is 9.45. The van der Waals surface area contributed by atoms with E-state index in [1.165, 1.54) is 0 Å². The van der Waals surface area contributed by atoms with Gasteiger partial charge in [-0.2, -0.15) is 0 Å². The Balaban J connectivity index is 2.06. The number of hydrogen-bond donors (Lipinski definition) is 2. The average molecular weight is 230 g/mol. The van der Waals surface area contributed by atoms with E-state index >= 15 is 0 Å². The number of aliphatic hydroxyl groups is 2. The fourth-order valence-electron chi connectivity index (χ4n) is 1.56. The maximum Gasteiger partial charge on any atom is 0.137 e. The molecule has 2 N–H and O–H groups in total. The van der Waals surface area contributed by atoms with Gasteiger partial charge in [0.15, 0.2) is 0 Å². The Hall–Kier alpha value is -1.60. The van der Waals surface area contributed by atoms with Gasteiger partial charge < -0.3 is 14.9 Å². The molecule has 1 heterocycles. The molecule has 0 fully saturated rings. The van der Waals surface area contributed by atoms with Crippen molar-refractivity contribution < 1.29 is 14.9 Å². The summed E-state index contributed by atoms with van der Waals surface area (Å²) in [5.41, 5.74) is 0.913. The molecular formula is C14H14O3. The minimum atomic E-state index is -0.755. The van der Waals surface area contributed by atoms with Crippen LogP contribution in [0.15, 0.2) is 42.5 Å². The third-order valence-corrected chi connectivity index (χ3v) is 2.50. The fraction of sp³-hybridized carbons (Fsp3) is 0.286. The normalized spacial score (nSPS) is 27.3. The zero-order valence-electron chi connectivity index (χ0n) is 9.28. The molecule has 1 aromatic rings. The molecule has 1 aliphatic heterocycles. The highest BCUT2D eigenvalue weighted by Gasteiger charge is 2.23. The standard InChI is InChI=1S/C14H14O3/c15-10-14-13(16)9-8-12(17-14)7-6-11-4-2-1-3-5-11/h1-5,8-9,12-16H,10H2. The first-order valence-corrected chi connectivity index (χ1v) is 5.49. The Kier molecular flexibility index (Phi) is 3.94. The summed E-state index contributed by atoms with van der Waals surface area (Å²) in [6, 6.07) is 9.60. The zero-order chi connectivity index (χ0) is 12.1. The molecule has 88 valence electrons. The Labute approximate surface area is 100 Å². The van der Waals surface area contributed by atoms with Crippen molar-refractivity contribution in [3.63, 3.8) is 0 Å². The van der Waals surface area contributed by atoms with Gasteiger partial charge in [0, 0.05) is 5.56 Å². The predicted octanol–water partition coefficient (Wildman–Crippen LogP) is 0.715. The highest BCUT2D eigenvalue weighted by Crippen LogP contribution is 2.12. The fourth-order valence-corrected chi connectivity index (χ4v) is 1.56. The molecule has 0 aromatic heterocycles. The van der Waals surface area contributed by atoms with E-state index in [0.717, 1.165) is 5.56 Å². The molecule has 2 rings (SSSR count). The van der Waals surface area contributed by atoms with Crippen LogP contribution in [0.3, 0.4) is 0 Å². The molecule has 0 amide bonds. The topological polar surface area (TPSA) is 49.7 Å². The second kappa shape index (κ2) is 5.65. The number of benzene rings is 1. The second-order valence-corrected chi connectivity index (χ2v) is 3.79. The summed E-state index contributed by atoms with van der Waals surface area (Å²) >= 11 is 0. The van der Waals surface area contributed by atoms with Crippen molar-refractivity contribution in [1.29, 1.82) is 0 Å². The lowest BCUT2D eigenvalue weighted by Gasteiger charge is -2.25. The molecule has 17 heavy (non-hydrogen) atoms. The van der Waals surface area contributed by atoms with E-state index in [0.29, 0.717) is 0 Å². The van der Waals surface area contributed by atoms with E-state index in [2.05, 4.69) is 11.8 Å². The highest BCUT2D eigenvalue weighted by molar-refractivity contribution is 5.35. The van der Waals surface area contributed by atoms with Crippen molar-refractivity contribution in [1.82, 2.24) is 0 Å². The smallest absolute Gasteiger partial charge is 0.137 e.